The molecule has 27 heavy (non-hydrogen) atoms. The van der Waals surface area contributed by atoms with Crippen molar-refractivity contribution in [1.82, 2.24) is 9.80 Å². The van der Waals surface area contributed by atoms with Crippen molar-refractivity contribution in [2.75, 3.05) is 20.0 Å². The highest BCUT2D eigenvalue weighted by atomic mass is 32.2. The van der Waals surface area contributed by atoms with E-state index < -0.39 is 6.23 Å². The maximum Gasteiger partial charge on any atom is 0.324 e. The van der Waals surface area contributed by atoms with Gasteiger partial charge in [0.25, 0.3) is 0 Å². The summed E-state index contributed by atoms with van der Waals surface area (Å²) < 4.78 is 10.4. The number of benzene rings is 2. The van der Waals surface area contributed by atoms with Crippen molar-refractivity contribution in [3.8, 4) is 11.5 Å². The average Bonchev–Trinajstić information content (AvgIpc) is 3.25. The van der Waals surface area contributed by atoms with Crippen LogP contribution in [0, 0.1) is 0 Å². The number of amides is 2. The second-order valence-corrected chi connectivity index (χ2v) is 7.72. The van der Waals surface area contributed by atoms with Crippen molar-refractivity contribution < 1.29 is 19.4 Å². The summed E-state index contributed by atoms with van der Waals surface area (Å²) in [5, 5.41) is 10.7. The van der Waals surface area contributed by atoms with Crippen LogP contribution in [0.15, 0.2) is 48.5 Å². The van der Waals surface area contributed by atoms with Gasteiger partial charge < -0.3 is 19.5 Å². The van der Waals surface area contributed by atoms with Gasteiger partial charge in [0.2, 0.25) is 0 Å². The van der Waals surface area contributed by atoms with E-state index in [0.717, 1.165) is 22.6 Å². The lowest BCUT2D eigenvalue weighted by atomic mass is 10.2. The Hall–Kier alpha value is -2.38. The highest BCUT2D eigenvalue weighted by molar-refractivity contribution is 7.99. The quantitative estimate of drug-likeness (QED) is 0.856. The number of carbonyl (C=O) groups is 1. The van der Waals surface area contributed by atoms with E-state index >= 15 is 0 Å². The van der Waals surface area contributed by atoms with Crippen molar-refractivity contribution >= 4 is 17.8 Å². The molecule has 0 aliphatic carbocycles. The van der Waals surface area contributed by atoms with Crippen molar-refractivity contribution in [1.29, 1.82) is 0 Å². The number of ether oxygens (including phenoxy) is 2. The Morgan fingerprint density at radius 2 is 1.63 bits per heavy atom. The standard InChI is InChI=1S/C20H22N2O4S/c1-25-15-7-3-13(4-8-15)11-21-18(23)17-12-27-19(22(17)20(21)24)14-5-9-16(26-2)10-6-14/h3-10,17-19,23H,11-12H2,1-2H3/t17-,18+,19?/m0/s1. The van der Waals surface area contributed by atoms with Gasteiger partial charge in [-0.25, -0.2) is 4.79 Å². The fourth-order valence-electron chi connectivity index (χ4n) is 3.58. The van der Waals surface area contributed by atoms with E-state index in [9.17, 15) is 9.90 Å². The number of urea groups is 1. The second-order valence-electron chi connectivity index (χ2n) is 6.61. The Labute approximate surface area is 162 Å². The van der Waals surface area contributed by atoms with Gasteiger partial charge in [0, 0.05) is 5.75 Å². The number of aliphatic hydroxyl groups excluding tert-OH is 1. The summed E-state index contributed by atoms with van der Waals surface area (Å²) in [4.78, 5) is 16.4. The normalized spacial score (nSPS) is 24.3. The zero-order valence-corrected chi connectivity index (χ0v) is 16.1. The van der Waals surface area contributed by atoms with Gasteiger partial charge in [0.15, 0.2) is 6.23 Å². The Kier molecular flexibility index (Phi) is 4.88. The van der Waals surface area contributed by atoms with Gasteiger partial charge >= 0.3 is 6.03 Å². The first-order valence-corrected chi connectivity index (χ1v) is 9.82. The molecule has 3 atom stereocenters. The third-order valence-electron chi connectivity index (χ3n) is 5.08. The number of thioether (sulfide) groups is 1. The number of rotatable bonds is 5. The number of fused-ring (bicyclic) bond motifs is 1. The van der Waals surface area contributed by atoms with E-state index in [0.29, 0.717) is 12.3 Å². The SMILES string of the molecule is COc1ccc(CN2C(=O)N3C(c4ccc(OC)cc4)SC[C@H]3[C@H]2O)cc1. The highest BCUT2D eigenvalue weighted by Crippen LogP contribution is 2.46. The topological polar surface area (TPSA) is 62.2 Å². The minimum atomic E-state index is -0.810. The van der Waals surface area contributed by atoms with E-state index in [4.69, 9.17) is 9.47 Å². The second kappa shape index (κ2) is 7.32. The van der Waals surface area contributed by atoms with E-state index in [1.807, 2.05) is 48.5 Å². The van der Waals surface area contributed by atoms with Crippen LogP contribution in [0.5, 0.6) is 11.5 Å². The van der Waals surface area contributed by atoms with Crippen LogP contribution in [0.4, 0.5) is 4.79 Å². The lowest BCUT2D eigenvalue weighted by molar-refractivity contribution is 0.0363. The van der Waals surface area contributed by atoms with Crippen molar-refractivity contribution in [3.05, 3.63) is 59.7 Å². The number of aliphatic hydroxyl groups is 1. The molecule has 0 spiro atoms. The molecule has 2 fully saturated rings. The molecule has 142 valence electrons. The molecule has 1 N–H and O–H groups in total. The number of hydrogen-bond donors (Lipinski definition) is 1. The summed E-state index contributed by atoms with van der Waals surface area (Å²) in [6, 6.07) is 15.0. The molecule has 0 radical (unpaired) electrons. The van der Waals surface area contributed by atoms with Crippen molar-refractivity contribution in [2.24, 2.45) is 0 Å². The molecule has 2 aliphatic heterocycles. The van der Waals surface area contributed by atoms with Crippen LogP contribution in [0.25, 0.3) is 0 Å². The van der Waals surface area contributed by atoms with Gasteiger partial charge in [-0.2, -0.15) is 0 Å². The van der Waals surface area contributed by atoms with E-state index in [1.54, 1.807) is 35.8 Å². The zero-order valence-electron chi connectivity index (χ0n) is 15.2. The molecule has 0 saturated carbocycles. The summed E-state index contributed by atoms with van der Waals surface area (Å²) in [5.41, 5.74) is 1.99. The monoisotopic (exact) mass is 386 g/mol. The van der Waals surface area contributed by atoms with Gasteiger partial charge in [0.1, 0.15) is 16.9 Å². The Bertz CT molecular complexity index is 812. The molecule has 2 amide bonds. The third kappa shape index (κ3) is 3.21. The Morgan fingerprint density at radius 3 is 2.22 bits per heavy atom. The molecule has 2 aromatic carbocycles. The fourth-order valence-corrected chi connectivity index (χ4v) is 5.05. The van der Waals surface area contributed by atoms with Gasteiger partial charge in [-0.05, 0) is 35.4 Å². The van der Waals surface area contributed by atoms with Crippen LogP contribution < -0.4 is 9.47 Å². The van der Waals surface area contributed by atoms with Crippen LogP contribution in [-0.2, 0) is 6.54 Å². The summed E-state index contributed by atoms with van der Waals surface area (Å²) in [5.74, 6) is 2.26. The van der Waals surface area contributed by atoms with E-state index in [2.05, 4.69) is 0 Å². The molecule has 2 heterocycles. The molecule has 2 saturated heterocycles. The smallest absolute Gasteiger partial charge is 0.324 e. The number of methoxy groups -OCH3 is 2. The van der Waals surface area contributed by atoms with Gasteiger partial charge in [0.05, 0.1) is 26.8 Å². The molecule has 0 aromatic heterocycles. The maximum atomic E-state index is 13.1. The van der Waals surface area contributed by atoms with Crippen LogP contribution in [-0.4, -0.2) is 53.2 Å². The van der Waals surface area contributed by atoms with Crippen molar-refractivity contribution in [2.45, 2.75) is 24.2 Å². The summed E-state index contributed by atoms with van der Waals surface area (Å²) in [7, 11) is 3.25. The first-order valence-electron chi connectivity index (χ1n) is 8.78. The molecule has 2 aliphatic rings. The van der Waals surface area contributed by atoms with Crippen LogP contribution >= 0.6 is 11.8 Å². The zero-order chi connectivity index (χ0) is 19.0. The van der Waals surface area contributed by atoms with Crippen LogP contribution in [0.2, 0.25) is 0 Å². The molecule has 0 bridgehead atoms. The number of nitrogens with zero attached hydrogens (tertiary/aromatic N) is 2. The largest absolute Gasteiger partial charge is 0.497 e. The molecule has 7 heteroatoms. The number of hydrogen-bond acceptors (Lipinski definition) is 5. The van der Waals surface area contributed by atoms with E-state index in [-0.39, 0.29) is 17.4 Å². The molecule has 1 unspecified atom stereocenters. The Morgan fingerprint density at radius 1 is 1.04 bits per heavy atom. The van der Waals surface area contributed by atoms with Crippen molar-refractivity contribution in [3.63, 3.8) is 0 Å². The van der Waals surface area contributed by atoms with Gasteiger partial charge in [-0.15, -0.1) is 11.8 Å². The Balaban J connectivity index is 1.53. The van der Waals surface area contributed by atoms with E-state index in [1.165, 1.54) is 0 Å². The molecule has 6 nitrogen and oxygen atoms in total. The predicted molar refractivity (Wildman–Crippen MR) is 104 cm³/mol. The third-order valence-corrected chi connectivity index (χ3v) is 6.43. The lowest BCUT2D eigenvalue weighted by Gasteiger charge is -2.24. The lowest BCUT2D eigenvalue weighted by Crippen LogP contribution is -2.36. The first kappa shape index (κ1) is 18.0. The predicted octanol–water partition coefficient (Wildman–Crippen LogP) is 3.07. The molecule has 2 aromatic rings. The van der Waals surface area contributed by atoms with Gasteiger partial charge in [-0.1, -0.05) is 24.3 Å². The summed E-state index contributed by atoms with van der Waals surface area (Å²) in [6.45, 7) is 0.372. The maximum absolute atomic E-state index is 13.1. The average molecular weight is 386 g/mol. The van der Waals surface area contributed by atoms with Crippen LogP contribution in [0.3, 0.4) is 0 Å². The summed E-state index contributed by atoms with van der Waals surface area (Å²) >= 11 is 1.68. The minimum absolute atomic E-state index is 0.0936. The van der Waals surface area contributed by atoms with Crippen LogP contribution in [0.1, 0.15) is 16.5 Å². The van der Waals surface area contributed by atoms with Gasteiger partial charge in [-0.3, -0.25) is 4.90 Å². The summed E-state index contributed by atoms with van der Waals surface area (Å²) in [6.07, 6.45) is -0.810. The fraction of sp³-hybridized carbons (Fsp3) is 0.350. The molecule has 4 rings (SSSR count). The number of carbonyl (C=O) groups excluding carboxylic acids is 1. The highest BCUT2D eigenvalue weighted by Gasteiger charge is 2.52. The molecular weight excluding hydrogens is 364 g/mol. The first-order chi connectivity index (χ1) is 13.1. The molecular formula is C20H22N2O4S. The minimum Gasteiger partial charge on any atom is -0.497 e.